The molecule has 0 saturated carbocycles. The number of carbonyl (C=O) groups excluding carboxylic acids is 1. The first-order valence-electron chi connectivity index (χ1n) is 6.35. The van der Waals surface area contributed by atoms with Crippen LogP contribution in [0.15, 0.2) is 24.3 Å². The van der Waals surface area contributed by atoms with Gasteiger partial charge in [0.15, 0.2) is 0 Å². The predicted molar refractivity (Wildman–Crippen MR) is 72.6 cm³/mol. The number of nitrogens with one attached hydrogen (secondary N) is 1. The lowest BCUT2D eigenvalue weighted by atomic mass is 10.0. The van der Waals surface area contributed by atoms with Crippen molar-refractivity contribution < 1.29 is 4.79 Å². The summed E-state index contributed by atoms with van der Waals surface area (Å²) in [6.07, 6.45) is 0. The molecule has 0 spiro atoms. The van der Waals surface area contributed by atoms with E-state index in [1.54, 1.807) is 4.68 Å². The van der Waals surface area contributed by atoms with E-state index in [-0.39, 0.29) is 5.91 Å². The van der Waals surface area contributed by atoms with Crippen LogP contribution in [0.3, 0.4) is 0 Å². The smallest absolute Gasteiger partial charge is 0.270 e. The number of hydrogen-bond acceptors (Lipinski definition) is 3. The predicted octanol–water partition coefficient (Wildman–Crippen LogP) is 1.06. The number of aromatic nitrogens is 2. The third-order valence-corrected chi connectivity index (χ3v) is 3.40. The van der Waals surface area contributed by atoms with Crippen molar-refractivity contribution in [3.63, 3.8) is 0 Å². The Labute approximate surface area is 111 Å². The van der Waals surface area contributed by atoms with E-state index in [1.165, 1.54) is 0 Å². The average molecular weight is 256 g/mol. The summed E-state index contributed by atoms with van der Waals surface area (Å²) in [5.74, 6) is -0.0556. The van der Waals surface area contributed by atoms with Crippen molar-refractivity contribution in [3.05, 3.63) is 41.2 Å². The van der Waals surface area contributed by atoms with Gasteiger partial charge in [0.05, 0.1) is 12.2 Å². The van der Waals surface area contributed by atoms with Gasteiger partial charge in [-0.2, -0.15) is 5.10 Å². The molecule has 1 aliphatic heterocycles. The number of hydrogen-bond donors (Lipinski definition) is 2. The highest BCUT2D eigenvalue weighted by Crippen LogP contribution is 2.29. The summed E-state index contributed by atoms with van der Waals surface area (Å²) in [6, 6.07) is 7.95. The van der Waals surface area contributed by atoms with E-state index in [9.17, 15) is 4.79 Å². The lowest BCUT2D eigenvalue weighted by Gasteiger charge is -2.15. The molecule has 98 valence electrons. The van der Waals surface area contributed by atoms with Gasteiger partial charge >= 0.3 is 0 Å². The van der Waals surface area contributed by atoms with Crippen LogP contribution in [0.25, 0.3) is 11.1 Å². The fraction of sp³-hybridized carbons (Fsp3) is 0.286. The van der Waals surface area contributed by atoms with Gasteiger partial charge in [0.1, 0.15) is 5.69 Å². The van der Waals surface area contributed by atoms with Crippen LogP contribution in [0.1, 0.15) is 21.7 Å². The van der Waals surface area contributed by atoms with Gasteiger partial charge in [0, 0.05) is 18.7 Å². The summed E-state index contributed by atoms with van der Waals surface area (Å²) < 4.78 is 1.79. The van der Waals surface area contributed by atoms with Crippen LogP contribution >= 0.6 is 0 Å². The fourth-order valence-electron chi connectivity index (χ4n) is 2.53. The molecule has 0 atom stereocenters. The maximum absolute atomic E-state index is 12.1. The van der Waals surface area contributed by atoms with Crippen molar-refractivity contribution in [1.82, 2.24) is 15.1 Å². The van der Waals surface area contributed by atoms with E-state index < -0.39 is 0 Å². The molecule has 0 fully saturated rings. The minimum absolute atomic E-state index is 0.0556. The monoisotopic (exact) mass is 256 g/mol. The lowest BCUT2D eigenvalue weighted by Crippen LogP contribution is -2.35. The Bertz CT molecular complexity index is 645. The summed E-state index contributed by atoms with van der Waals surface area (Å²) in [7, 11) is 0. The highest BCUT2D eigenvalue weighted by Gasteiger charge is 2.25. The zero-order valence-electron chi connectivity index (χ0n) is 10.8. The lowest BCUT2D eigenvalue weighted by molar-refractivity contribution is 0.0925. The standard InChI is InChI=1S/C14H16N4O/c1-9-12(11-4-2-3-10(7-11)8-15)13-14(19)16-5-6-18(13)17-9/h2-4,7H,5-6,8,15H2,1H3,(H,16,19). The van der Waals surface area contributed by atoms with Crippen molar-refractivity contribution >= 4 is 5.91 Å². The van der Waals surface area contributed by atoms with Gasteiger partial charge in [-0.15, -0.1) is 0 Å². The van der Waals surface area contributed by atoms with Crippen LogP contribution in [0, 0.1) is 6.92 Å². The summed E-state index contributed by atoms with van der Waals surface area (Å²) in [6.45, 7) is 3.78. The maximum Gasteiger partial charge on any atom is 0.270 e. The normalized spacial score (nSPS) is 14.1. The molecule has 3 rings (SSSR count). The molecular formula is C14H16N4O. The van der Waals surface area contributed by atoms with Crippen LogP contribution in [-0.4, -0.2) is 22.2 Å². The highest BCUT2D eigenvalue weighted by atomic mass is 16.2. The second kappa shape index (κ2) is 4.51. The molecule has 0 unspecified atom stereocenters. The second-order valence-corrected chi connectivity index (χ2v) is 4.69. The topological polar surface area (TPSA) is 72.9 Å². The SMILES string of the molecule is Cc1nn2c(c1-c1cccc(CN)c1)C(=O)NCC2. The van der Waals surface area contributed by atoms with E-state index >= 15 is 0 Å². The van der Waals surface area contributed by atoms with Gasteiger partial charge in [0.2, 0.25) is 0 Å². The van der Waals surface area contributed by atoms with E-state index in [4.69, 9.17) is 5.73 Å². The van der Waals surface area contributed by atoms with Gasteiger partial charge < -0.3 is 11.1 Å². The molecule has 0 aliphatic carbocycles. The van der Waals surface area contributed by atoms with Gasteiger partial charge in [-0.1, -0.05) is 18.2 Å². The number of amides is 1. The molecule has 1 aliphatic rings. The Balaban J connectivity index is 2.19. The fourth-order valence-corrected chi connectivity index (χ4v) is 2.53. The molecule has 1 amide bonds. The number of rotatable bonds is 2. The van der Waals surface area contributed by atoms with Gasteiger partial charge in [-0.25, -0.2) is 0 Å². The Morgan fingerprint density at radius 3 is 3.11 bits per heavy atom. The minimum atomic E-state index is -0.0556. The molecule has 1 aromatic carbocycles. The average Bonchev–Trinajstić information content (AvgIpc) is 2.76. The Hall–Kier alpha value is -2.14. The van der Waals surface area contributed by atoms with Crippen molar-refractivity contribution in [2.24, 2.45) is 5.73 Å². The van der Waals surface area contributed by atoms with Crippen molar-refractivity contribution in [2.75, 3.05) is 6.54 Å². The zero-order valence-corrected chi connectivity index (χ0v) is 10.8. The molecule has 3 N–H and O–H groups in total. The zero-order chi connectivity index (χ0) is 13.4. The molecule has 19 heavy (non-hydrogen) atoms. The van der Waals surface area contributed by atoms with Crippen molar-refractivity contribution in [1.29, 1.82) is 0 Å². The number of nitrogens with two attached hydrogens (primary N) is 1. The van der Waals surface area contributed by atoms with Gasteiger partial charge in [-0.05, 0) is 24.1 Å². The summed E-state index contributed by atoms with van der Waals surface area (Å²) >= 11 is 0. The second-order valence-electron chi connectivity index (χ2n) is 4.69. The number of benzene rings is 1. The molecular weight excluding hydrogens is 240 g/mol. The Morgan fingerprint density at radius 2 is 2.32 bits per heavy atom. The number of carbonyl (C=O) groups is 1. The van der Waals surface area contributed by atoms with Crippen molar-refractivity contribution in [2.45, 2.75) is 20.0 Å². The first kappa shape index (κ1) is 11.9. The molecule has 5 nitrogen and oxygen atoms in total. The molecule has 5 heteroatoms. The van der Waals surface area contributed by atoms with E-state index in [1.807, 2.05) is 31.2 Å². The minimum Gasteiger partial charge on any atom is -0.349 e. The van der Waals surface area contributed by atoms with Gasteiger partial charge in [0.25, 0.3) is 5.91 Å². The van der Waals surface area contributed by atoms with Crippen LogP contribution in [0.2, 0.25) is 0 Å². The first-order valence-corrected chi connectivity index (χ1v) is 6.35. The first-order chi connectivity index (χ1) is 9.20. The van der Waals surface area contributed by atoms with E-state index in [0.717, 1.165) is 28.9 Å². The summed E-state index contributed by atoms with van der Waals surface area (Å²) in [5, 5.41) is 7.32. The van der Waals surface area contributed by atoms with Crippen LogP contribution in [0.4, 0.5) is 0 Å². The third-order valence-electron chi connectivity index (χ3n) is 3.40. The van der Waals surface area contributed by atoms with Gasteiger partial charge in [-0.3, -0.25) is 9.48 Å². The molecule has 2 heterocycles. The largest absolute Gasteiger partial charge is 0.349 e. The third kappa shape index (κ3) is 1.92. The van der Waals surface area contributed by atoms with E-state index in [2.05, 4.69) is 10.4 Å². The maximum atomic E-state index is 12.1. The molecule has 0 radical (unpaired) electrons. The number of fused-ring (bicyclic) bond motifs is 1. The number of aryl methyl sites for hydroxylation is 1. The quantitative estimate of drug-likeness (QED) is 0.844. The van der Waals surface area contributed by atoms with Crippen LogP contribution in [0.5, 0.6) is 0 Å². The number of nitrogens with zero attached hydrogens (tertiary/aromatic N) is 2. The van der Waals surface area contributed by atoms with Crippen molar-refractivity contribution in [3.8, 4) is 11.1 Å². The summed E-state index contributed by atoms with van der Waals surface area (Å²) in [5.41, 5.74) is 10.2. The van der Waals surface area contributed by atoms with Crippen LogP contribution < -0.4 is 11.1 Å². The highest BCUT2D eigenvalue weighted by molar-refractivity contribution is 6.00. The molecule has 1 aromatic heterocycles. The summed E-state index contributed by atoms with van der Waals surface area (Å²) in [4.78, 5) is 12.1. The Morgan fingerprint density at radius 1 is 1.47 bits per heavy atom. The van der Waals surface area contributed by atoms with E-state index in [0.29, 0.717) is 18.8 Å². The molecule has 0 saturated heterocycles. The molecule has 0 bridgehead atoms. The molecule has 2 aromatic rings. The van der Waals surface area contributed by atoms with Crippen LogP contribution in [-0.2, 0) is 13.1 Å². The Kier molecular flexibility index (Phi) is 2.83.